The first-order chi connectivity index (χ1) is 7.72. The lowest BCUT2D eigenvalue weighted by Crippen LogP contribution is -2.24. The van der Waals surface area contributed by atoms with Crippen molar-refractivity contribution >= 4 is 17.7 Å². The molecule has 1 aromatic rings. The molecule has 1 N–H and O–H groups in total. The maximum atomic E-state index is 11.2. The van der Waals surface area contributed by atoms with Gasteiger partial charge in [-0.05, 0) is 30.9 Å². The first-order valence-electron chi connectivity index (χ1n) is 5.24. The lowest BCUT2D eigenvalue weighted by Gasteiger charge is -2.25. The Labute approximate surface area is 99.0 Å². The lowest BCUT2D eigenvalue weighted by atomic mass is 9.91. The Morgan fingerprint density at radius 1 is 1.69 bits per heavy atom. The van der Waals surface area contributed by atoms with Crippen LogP contribution in [0.3, 0.4) is 0 Å². The highest BCUT2D eigenvalue weighted by Gasteiger charge is 2.25. The molecule has 0 radical (unpaired) electrons. The summed E-state index contributed by atoms with van der Waals surface area (Å²) in [6.45, 7) is 0. The second kappa shape index (κ2) is 4.70. The van der Waals surface area contributed by atoms with Gasteiger partial charge in [0.15, 0.2) is 0 Å². The number of hydrogen-bond acceptors (Lipinski definition) is 3. The molecule has 1 atom stereocenters. The maximum Gasteiger partial charge on any atom is 0.407 e. The van der Waals surface area contributed by atoms with E-state index in [0.29, 0.717) is 5.15 Å². The molecule has 1 heterocycles. The average Bonchev–Trinajstić information content (AvgIpc) is 2.30. The van der Waals surface area contributed by atoms with Crippen molar-refractivity contribution < 1.29 is 9.53 Å². The van der Waals surface area contributed by atoms with Crippen LogP contribution in [0.4, 0.5) is 4.79 Å². The van der Waals surface area contributed by atoms with Gasteiger partial charge in [-0.3, -0.25) is 0 Å². The third-order valence-electron chi connectivity index (χ3n) is 2.73. The highest BCUT2D eigenvalue weighted by atomic mass is 35.5. The maximum absolute atomic E-state index is 11.2. The van der Waals surface area contributed by atoms with E-state index in [1.54, 1.807) is 13.2 Å². The predicted octanol–water partition coefficient (Wildman–Crippen LogP) is 2.47. The highest BCUT2D eigenvalue weighted by Crippen LogP contribution is 2.34. The van der Waals surface area contributed by atoms with Crippen LogP contribution in [0.5, 0.6) is 0 Å². The molecule has 86 valence electrons. The number of hydrogen-bond donors (Lipinski definition) is 1. The summed E-state index contributed by atoms with van der Waals surface area (Å²) in [6.07, 6.45) is 3.72. The first-order valence-corrected chi connectivity index (χ1v) is 5.62. The number of nitrogens with zero attached hydrogens (tertiary/aromatic N) is 1. The van der Waals surface area contributed by atoms with Gasteiger partial charge in [0.25, 0.3) is 0 Å². The Bertz CT molecular complexity index is 409. The summed E-state index contributed by atoms with van der Waals surface area (Å²) < 4.78 is 5.29. The molecule has 0 aromatic carbocycles. The fourth-order valence-electron chi connectivity index (χ4n) is 1.96. The van der Waals surface area contributed by atoms with E-state index in [1.165, 1.54) is 0 Å². The zero-order valence-corrected chi connectivity index (χ0v) is 9.75. The van der Waals surface area contributed by atoms with Crippen molar-refractivity contribution in [2.24, 2.45) is 0 Å². The van der Waals surface area contributed by atoms with Crippen LogP contribution in [-0.4, -0.2) is 18.1 Å². The van der Waals surface area contributed by atoms with E-state index in [1.807, 2.05) is 6.07 Å². The van der Waals surface area contributed by atoms with Crippen LogP contribution in [0.15, 0.2) is 12.3 Å². The summed E-state index contributed by atoms with van der Waals surface area (Å²) in [6, 6.07) is 1.87. The Balaban J connectivity index is 2.26. The second-order valence-electron chi connectivity index (χ2n) is 3.71. The number of carbonyl (C=O) groups excluding carboxylic acids is 1. The smallest absolute Gasteiger partial charge is 0.407 e. The van der Waals surface area contributed by atoms with Gasteiger partial charge in [0.2, 0.25) is 0 Å². The molecule has 0 fully saturated rings. The van der Waals surface area contributed by atoms with E-state index in [9.17, 15) is 4.79 Å². The van der Waals surface area contributed by atoms with Crippen molar-refractivity contribution in [2.45, 2.75) is 25.4 Å². The summed E-state index contributed by atoms with van der Waals surface area (Å²) in [5.41, 5.74) is 1.99. The molecule has 0 saturated carbocycles. The quantitative estimate of drug-likeness (QED) is 0.768. The van der Waals surface area contributed by atoms with Crippen LogP contribution in [0.1, 0.15) is 30.1 Å². The van der Waals surface area contributed by atoms with Crippen LogP contribution < -0.4 is 5.32 Å². The molecular weight excluding hydrogens is 228 g/mol. The Morgan fingerprint density at radius 3 is 3.25 bits per heavy atom. The topological polar surface area (TPSA) is 51.2 Å². The molecule has 1 aliphatic rings. The standard InChI is InChI=1S/C11H13ClN2O2/c1-13-11(15)16-9-4-2-3-8-7(9)5-6-14-10(8)12/h5-6,9H,2-4H2,1H3,(H,13,15). The number of halogens is 1. The predicted molar refractivity (Wildman–Crippen MR) is 60.5 cm³/mol. The van der Waals surface area contributed by atoms with Gasteiger partial charge in [-0.25, -0.2) is 9.78 Å². The number of aromatic nitrogens is 1. The van der Waals surface area contributed by atoms with Gasteiger partial charge in [-0.1, -0.05) is 11.6 Å². The van der Waals surface area contributed by atoms with E-state index in [2.05, 4.69) is 10.3 Å². The van der Waals surface area contributed by atoms with Crippen LogP contribution in [-0.2, 0) is 11.2 Å². The summed E-state index contributed by atoms with van der Waals surface area (Å²) in [5, 5.41) is 2.96. The number of amides is 1. The minimum atomic E-state index is -0.411. The van der Waals surface area contributed by atoms with Crippen molar-refractivity contribution in [3.05, 3.63) is 28.5 Å². The Hall–Kier alpha value is -1.29. The van der Waals surface area contributed by atoms with Crippen molar-refractivity contribution in [1.29, 1.82) is 0 Å². The zero-order chi connectivity index (χ0) is 11.5. The zero-order valence-electron chi connectivity index (χ0n) is 9.00. The molecule has 2 rings (SSSR count). The number of alkyl carbamates (subject to hydrolysis) is 1. The van der Waals surface area contributed by atoms with Crippen molar-refractivity contribution in [1.82, 2.24) is 10.3 Å². The molecule has 1 amide bonds. The second-order valence-corrected chi connectivity index (χ2v) is 4.06. The third-order valence-corrected chi connectivity index (χ3v) is 3.06. The molecule has 0 saturated heterocycles. The number of carbonyl (C=O) groups is 1. The van der Waals surface area contributed by atoms with Gasteiger partial charge in [-0.2, -0.15) is 0 Å². The summed E-state index contributed by atoms with van der Waals surface area (Å²) >= 11 is 6.01. The molecule has 1 aliphatic carbocycles. The molecule has 5 heteroatoms. The number of rotatable bonds is 1. The van der Waals surface area contributed by atoms with Crippen LogP contribution >= 0.6 is 11.6 Å². The third kappa shape index (κ3) is 2.11. The SMILES string of the molecule is CNC(=O)OC1CCCc2c1ccnc2Cl. The molecule has 1 aromatic heterocycles. The van der Waals surface area contributed by atoms with E-state index in [0.717, 1.165) is 30.4 Å². The van der Waals surface area contributed by atoms with Crippen LogP contribution in [0.2, 0.25) is 5.15 Å². The van der Waals surface area contributed by atoms with Crippen LogP contribution in [0.25, 0.3) is 0 Å². The molecular formula is C11H13ClN2O2. The van der Waals surface area contributed by atoms with E-state index in [-0.39, 0.29) is 6.10 Å². The monoisotopic (exact) mass is 240 g/mol. The van der Waals surface area contributed by atoms with Crippen molar-refractivity contribution in [3.63, 3.8) is 0 Å². The van der Waals surface area contributed by atoms with E-state index in [4.69, 9.17) is 16.3 Å². The normalized spacial score (nSPS) is 18.8. The van der Waals surface area contributed by atoms with E-state index >= 15 is 0 Å². The highest BCUT2D eigenvalue weighted by molar-refractivity contribution is 6.30. The molecule has 1 unspecified atom stereocenters. The van der Waals surface area contributed by atoms with Gasteiger partial charge in [0, 0.05) is 18.8 Å². The van der Waals surface area contributed by atoms with E-state index < -0.39 is 6.09 Å². The Morgan fingerprint density at radius 2 is 2.50 bits per heavy atom. The number of pyridine rings is 1. The average molecular weight is 241 g/mol. The number of ether oxygens (including phenoxy) is 1. The molecule has 0 bridgehead atoms. The minimum absolute atomic E-state index is 0.204. The fraction of sp³-hybridized carbons (Fsp3) is 0.455. The van der Waals surface area contributed by atoms with Gasteiger partial charge in [0.1, 0.15) is 11.3 Å². The summed E-state index contributed by atoms with van der Waals surface area (Å²) in [4.78, 5) is 15.2. The molecule has 4 nitrogen and oxygen atoms in total. The van der Waals surface area contributed by atoms with Crippen molar-refractivity contribution in [2.75, 3.05) is 7.05 Å². The Kier molecular flexibility index (Phi) is 3.29. The molecule has 0 spiro atoms. The fourth-order valence-corrected chi connectivity index (χ4v) is 2.22. The summed E-state index contributed by atoms with van der Waals surface area (Å²) in [7, 11) is 1.55. The van der Waals surface area contributed by atoms with Crippen molar-refractivity contribution in [3.8, 4) is 0 Å². The lowest BCUT2D eigenvalue weighted by molar-refractivity contribution is 0.0891. The molecule has 16 heavy (non-hydrogen) atoms. The number of fused-ring (bicyclic) bond motifs is 1. The largest absolute Gasteiger partial charge is 0.441 e. The van der Waals surface area contributed by atoms with Gasteiger partial charge < -0.3 is 10.1 Å². The number of nitrogens with one attached hydrogen (secondary N) is 1. The van der Waals surface area contributed by atoms with Crippen LogP contribution in [0, 0.1) is 0 Å². The van der Waals surface area contributed by atoms with Gasteiger partial charge in [-0.15, -0.1) is 0 Å². The minimum Gasteiger partial charge on any atom is -0.441 e. The van der Waals surface area contributed by atoms with Gasteiger partial charge in [0.05, 0.1) is 0 Å². The van der Waals surface area contributed by atoms with Gasteiger partial charge >= 0.3 is 6.09 Å². The first kappa shape index (κ1) is 11.2. The summed E-state index contributed by atoms with van der Waals surface area (Å²) in [5.74, 6) is 0. The molecule has 0 aliphatic heterocycles.